The SMILES string of the molecule is CS(=O)(=O)CCN=C(NS(=O)(=O)c1ccc(Cl)cc1)C1=NN(c2ccc(Cl)cc2)C(c2cccs2)C1. The monoisotopic (exact) mass is 584 g/mol. The lowest BCUT2D eigenvalue weighted by Gasteiger charge is -2.22. The summed E-state index contributed by atoms with van der Waals surface area (Å²) in [7, 11) is -7.35. The van der Waals surface area contributed by atoms with Crippen LogP contribution in [0.2, 0.25) is 10.0 Å². The van der Waals surface area contributed by atoms with Crippen LogP contribution in [0.25, 0.3) is 0 Å². The molecule has 2 heterocycles. The van der Waals surface area contributed by atoms with Gasteiger partial charge >= 0.3 is 0 Å². The summed E-state index contributed by atoms with van der Waals surface area (Å²) >= 11 is 13.5. The molecule has 3 aromatic rings. The van der Waals surface area contributed by atoms with Crippen molar-refractivity contribution in [3.8, 4) is 0 Å². The third-order valence-electron chi connectivity index (χ3n) is 5.23. The van der Waals surface area contributed by atoms with Gasteiger partial charge in [0, 0.05) is 27.6 Å². The predicted molar refractivity (Wildman–Crippen MR) is 147 cm³/mol. The molecule has 0 fully saturated rings. The summed E-state index contributed by atoms with van der Waals surface area (Å²) in [5.41, 5.74) is 1.15. The first-order valence-electron chi connectivity index (χ1n) is 10.7. The molecule has 4 rings (SSSR count). The molecule has 1 unspecified atom stereocenters. The van der Waals surface area contributed by atoms with E-state index in [9.17, 15) is 16.8 Å². The summed E-state index contributed by atoms with van der Waals surface area (Å²) in [5.74, 6) is -0.242. The Morgan fingerprint density at radius 3 is 2.28 bits per heavy atom. The maximum Gasteiger partial charge on any atom is 0.263 e. The third kappa shape index (κ3) is 6.65. The van der Waals surface area contributed by atoms with Crippen molar-refractivity contribution in [2.45, 2.75) is 17.4 Å². The molecule has 0 spiro atoms. The van der Waals surface area contributed by atoms with Gasteiger partial charge in [0.15, 0.2) is 5.84 Å². The van der Waals surface area contributed by atoms with Gasteiger partial charge < -0.3 is 0 Å². The molecule has 13 heteroatoms. The fourth-order valence-corrected chi connectivity index (χ4v) is 6.03. The highest BCUT2D eigenvalue weighted by Gasteiger charge is 2.33. The Bertz CT molecular complexity index is 1490. The molecule has 1 N–H and O–H groups in total. The zero-order valence-electron chi connectivity index (χ0n) is 19.0. The van der Waals surface area contributed by atoms with Gasteiger partial charge in [-0.15, -0.1) is 11.3 Å². The van der Waals surface area contributed by atoms with Crippen LogP contribution in [0.5, 0.6) is 0 Å². The van der Waals surface area contributed by atoms with E-state index in [0.717, 1.165) is 16.8 Å². The van der Waals surface area contributed by atoms with Crippen LogP contribution < -0.4 is 9.73 Å². The lowest BCUT2D eigenvalue weighted by Crippen LogP contribution is -2.36. The molecule has 0 saturated carbocycles. The van der Waals surface area contributed by atoms with Crippen LogP contribution in [-0.4, -0.2) is 46.9 Å². The number of aliphatic imine (C=N–C) groups is 1. The van der Waals surface area contributed by atoms with Crippen molar-refractivity contribution in [1.29, 1.82) is 0 Å². The number of amidine groups is 1. The minimum atomic E-state index is -4.04. The van der Waals surface area contributed by atoms with Crippen LogP contribution in [0.4, 0.5) is 5.69 Å². The van der Waals surface area contributed by atoms with Gasteiger partial charge in [-0.05, 0) is 60.0 Å². The molecule has 0 saturated heterocycles. The van der Waals surface area contributed by atoms with E-state index in [1.54, 1.807) is 28.5 Å². The Labute approximate surface area is 224 Å². The molecule has 0 aliphatic carbocycles. The summed E-state index contributed by atoms with van der Waals surface area (Å²) in [6.07, 6.45) is 1.45. The number of anilines is 1. The standard InChI is InChI=1S/C23H22Cl2N4O4S3/c1-35(30,31)14-12-26-23(28-36(32,33)19-10-6-17(25)7-11-19)20-15-21(22-3-2-13-34-22)29(27-20)18-8-4-16(24)5-9-18/h2-11,13,21H,12,14-15H2,1H3,(H,26,28). The predicted octanol–water partition coefficient (Wildman–Crippen LogP) is 4.78. The van der Waals surface area contributed by atoms with Crippen LogP contribution in [0.1, 0.15) is 17.3 Å². The summed E-state index contributed by atoms with van der Waals surface area (Å²) in [5, 5.41) is 9.44. The van der Waals surface area contributed by atoms with E-state index in [1.165, 1.54) is 24.3 Å². The normalized spacial score (nSPS) is 16.8. The number of hydrazone groups is 1. The Morgan fingerprint density at radius 2 is 1.69 bits per heavy atom. The van der Waals surface area contributed by atoms with E-state index in [1.807, 2.05) is 29.6 Å². The quantitative estimate of drug-likeness (QED) is 0.302. The van der Waals surface area contributed by atoms with Gasteiger partial charge in [-0.2, -0.15) is 5.10 Å². The van der Waals surface area contributed by atoms with Crippen molar-refractivity contribution < 1.29 is 16.8 Å². The topological polar surface area (TPSA) is 108 Å². The zero-order chi connectivity index (χ0) is 25.9. The first-order valence-corrected chi connectivity index (χ1v) is 15.9. The number of thiophene rings is 1. The van der Waals surface area contributed by atoms with Crippen LogP contribution in [0.3, 0.4) is 0 Å². The summed E-state index contributed by atoms with van der Waals surface area (Å²) in [4.78, 5) is 5.34. The van der Waals surface area contributed by atoms with Crippen LogP contribution in [-0.2, 0) is 19.9 Å². The van der Waals surface area contributed by atoms with Gasteiger partial charge in [0.1, 0.15) is 15.5 Å². The zero-order valence-corrected chi connectivity index (χ0v) is 23.0. The van der Waals surface area contributed by atoms with Crippen LogP contribution in [0, 0.1) is 0 Å². The number of nitrogens with zero attached hydrogens (tertiary/aromatic N) is 3. The number of benzene rings is 2. The smallest absolute Gasteiger partial charge is 0.263 e. The molecule has 0 radical (unpaired) electrons. The first kappa shape index (κ1) is 26.6. The average molecular weight is 586 g/mol. The average Bonchev–Trinajstić information content (AvgIpc) is 3.48. The molecule has 0 amide bonds. The third-order valence-corrected chi connectivity index (χ3v) is 8.99. The fraction of sp³-hybridized carbons (Fsp3) is 0.217. The number of rotatable bonds is 8. The van der Waals surface area contributed by atoms with Crippen molar-refractivity contribution in [3.05, 3.63) is 81.0 Å². The largest absolute Gasteiger partial charge is 0.265 e. The van der Waals surface area contributed by atoms with Gasteiger partial charge in [-0.3, -0.25) is 14.7 Å². The summed E-state index contributed by atoms with van der Waals surface area (Å²) < 4.78 is 52.1. The van der Waals surface area contributed by atoms with Crippen LogP contribution in [0.15, 0.2) is 81.0 Å². The molecule has 1 aliphatic rings. The van der Waals surface area contributed by atoms with Gasteiger partial charge in [-0.1, -0.05) is 29.3 Å². The van der Waals surface area contributed by atoms with E-state index in [2.05, 4.69) is 9.71 Å². The Morgan fingerprint density at radius 1 is 1.06 bits per heavy atom. The lowest BCUT2D eigenvalue weighted by molar-refractivity contribution is 0.592. The summed E-state index contributed by atoms with van der Waals surface area (Å²) in [6.45, 7) is -0.124. The Hall–Kier alpha value is -2.44. The maximum atomic E-state index is 13.1. The van der Waals surface area contributed by atoms with E-state index in [0.29, 0.717) is 22.2 Å². The Kier molecular flexibility index (Phi) is 8.06. The van der Waals surface area contributed by atoms with E-state index < -0.39 is 19.9 Å². The van der Waals surface area contributed by atoms with E-state index in [4.69, 9.17) is 28.3 Å². The van der Waals surface area contributed by atoms with Gasteiger partial charge in [-0.25, -0.2) is 16.8 Å². The number of hydrogen-bond acceptors (Lipinski definition) is 8. The number of hydrogen-bond donors (Lipinski definition) is 1. The molecule has 1 aliphatic heterocycles. The fourth-order valence-electron chi connectivity index (χ4n) is 3.49. The summed E-state index contributed by atoms with van der Waals surface area (Å²) in [6, 6.07) is 16.6. The molecule has 8 nitrogen and oxygen atoms in total. The van der Waals surface area contributed by atoms with Crippen molar-refractivity contribution in [3.63, 3.8) is 0 Å². The number of sulfone groups is 1. The molecule has 0 bridgehead atoms. The van der Waals surface area contributed by atoms with Crippen LogP contribution >= 0.6 is 34.5 Å². The number of nitrogens with one attached hydrogen (secondary N) is 1. The second kappa shape index (κ2) is 10.9. The van der Waals surface area contributed by atoms with Gasteiger partial charge in [0.2, 0.25) is 0 Å². The van der Waals surface area contributed by atoms with Gasteiger partial charge in [0.25, 0.3) is 10.0 Å². The van der Waals surface area contributed by atoms with Crippen molar-refractivity contribution >= 4 is 71.6 Å². The number of halogens is 2. The van der Waals surface area contributed by atoms with E-state index in [-0.39, 0.29) is 29.1 Å². The lowest BCUT2D eigenvalue weighted by atomic mass is 10.1. The molecular formula is C23H22Cl2N4O4S3. The molecular weight excluding hydrogens is 563 g/mol. The molecule has 36 heavy (non-hydrogen) atoms. The number of sulfonamides is 1. The highest BCUT2D eigenvalue weighted by molar-refractivity contribution is 7.90. The first-order chi connectivity index (χ1) is 17.0. The highest BCUT2D eigenvalue weighted by atomic mass is 35.5. The minimum Gasteiger partial charge on any atom is -0.265 e. The second-order valence-corrected chi connectivity index (χ2v) is 13.8. The minimum absolute atomic E-state index is 0.00776. The van der Waals surface area contributed by atoms with Crippen molar-refractivity contribution in [2.24, 2.45) is 10.1 Å². The molecule has 2 aromatic carbocycles. The second-order valence-electron chi connectivity index (χ2n) is 8.02. The Balaban J connectivity index is 1.72. The molecule has 190 valence electrons. The molecule has 1 aromatic heterocycles. The van der Waals surface area contributed by atoms with Crippen molar-refractivity contribution in [2.75, 3.05) is 23.6 Å². The maximum absolute atomic E-state index is 13.1. The van der Waals surface area contributed by atoms with E-state index >= 15 is 0 Å². The van der Waals surface area contributed by atoms with Crippen molar-refractivity contribution in [1.82, 2.24) is 4.72 Å². The highest BCUT2D eigenvalue weighted by Crippen LogP contribution is 2.37. The van der Waals surface area contributed by atoms with Gasteiger partial charge in [0.05, 0.1) is 28.9 Å². The molecule has 1 atom stereocenters.